The number of rotatable bonds is 3. The second-order valence-electron chi connectivity index (χ2n) is 6.30. The van der Waals surface area contributed by atoms with Gasteiger partial charge < -0.3 is 5.73 Å². The minimum atomic E-state index is 0.376. The molecule has 0 heterocycles. The van der Waals surface area contributed by atoms with Crippen molar-refractivity contribution in [2.24, 2.45) is 16.6 Å². The molecule has 2 aliphatic rings. The van der Waals surface area contributed by atoms with Crippen molar-refractivity contribution in [1.82, 2.24) is 0 Å². The van der Waals surface area contributed by atoms with Gasteiger partial charge in [-0.15, -0.1) is 0 Å². The van der Waals surface area contributed by atoms with Gasteiger partial charge in [-0.1, -0.05) is 44.2 Å². The van der Waals surface area contributed by atoms with Crippen LogP contribution in [0.2, 0.25) is 0 Å². The van der Waals surface area contributed by atoms with E-state index in [1.165, 1.54) is 24.8 Å². The third kappa shape index (κ3) is 1.05. The SMILES string of the molecule is CC1(C)CC1(CN)C1(c2ccccc2)CC1. The van der Waals surface area contributed by atoms with Gasteiger partial charge in [0.25, 0.3) is 0 Å². The summed E-state index contributed by atoms with van der Waals surface area (Å²) in [5, 5.41) is 0. The highest BCUT2D eigenvalue weighted by molar-refractivity contribution is 5.41. The van der Waals surface area contributed by atoms with Crippen molar-refractivity contribution in [1.29, 1.82) is 0 Å². The van der Waals surface area contributed by atoms with E-state index in [0.717, 1.165) is 6.54 Å². The van der Waals surface area contributed by atoms with Crippen LogP contribution in [0.3, 0.4) is 0 Å². The van der Waals surface area contributed by atoms with Crippen LogP contribution in [0, 0.1) is 10.8 Å². The third-order valence-corrected chi connectivity index (χ3v) is 5.26. The first kappa shape index (κ1) is 10.3. The summed E-state index contributed by atoms with van der Waals surface area (Å²) in [6, 6.07) is 11.0. The van der Waals surface area contributed by atoms with Gasteiger partial charge in [0, 0.05) is 5.41 Å². The summed E-state index contributed by atoms with van der Waals surface area (Å²) in [4.78, 5) is 0. The molecular formula is C15H21N. The molecule has 0 radical (unpaired) electrons. The van der Waals surface area contributed by atoms with E-state index in [1.54, 1.807) is 0 Å². The van der Waals surface area contributed by atoms with Crippen molar-refractivity contribution in [3.8, 4) is 0 Å². The van der Waals surface area contributed by atoms with Gasteiger partial charge in [-0.3, -0.25) is 0 Å². The minimum absolute atomic E-state index is 0.376. The molecule has 0 saturated heterocycles. The first-order valence-corrected chi connectivity index (χ1v) is 6.34. The molecule has 1 atom stereocenters. The Kier molecular flexibility index (Phi) is 1.87. The summed E-state index contributed by atoms with van der Waals surface area (Å²) in [6.07, 6.45) is 3.96. The number of hydrogen-bond acceptors (Lipinski definition) is 1. The molecule has 0 bridgehead atoms. The Bertz CT molecular complexity index is 403. The predicted molar refractivity (Wildman–Crippen MR) is 67.2 cm³/mol. The largest absolute Gasteiger partial charge is 0.330 e. The maximum absolute atomic E-state index is 6.11. The van der Waals surface area contributed by atoms with Crippen LogP contribution in [0.4, 0.5) is 0 Å². The lowest BCUT2D eigenvalue weighted by Gasteiger charge is -2.30. The molecule has 1 aromatic carbocycles. The van der Waals surface area contributed by atoms with Crippen LogP contribution in [0.15, 0.2) is 30.3 Å². The van der Waals surface area contributed by atoms with E-state index in [2.05, 4.69) is 44.2 Å². The van der Waals surface area contributed by atoms with Gasteiger partial charge in [0.2, 0.25) is 0 Å². The highest BCUT2D eigenvalue weighted by Crippen LogP contribution is 2.78. The van der Waals surface area contributed by atoms with E-state index < -0.39 is 0 Å². The topological polar surface area (TPSA) is 26.0 Å². The Balaban J connectivity index is 2.02. The van der Waals surface area contributed by atoms with E-state index >= 15 is 0 Å². The second-order valence-corrected chi connectivity index (χ2v) is 6.30. The minimum Gasteiger partial charge on any atom is -0.330 e. The Morgan fingerprint density at radius 1 is 1.12 bits per heavy atom. The summed E-state index contributed by atoms with van der Waals surface area (Å²) in [6.45, 7) is 5.60. The van der Waals surface area contributed by atoms with Crippen LogP contribution >= 0.6 is 0 Å². The Hall–Kier alpha value is -0.820. The number of benzene rings is 1. The van der Waals surface area contributed by atoms with Crippen LogP contribution in [-0.2, 0) is 5.41 Å². The summed E-state index contributed by atoms with van der Waals surface area (Å²) in [7, 11) is 0. The highest BCUT2D eigenvalue weighted by atomic mass is 14.8. The van der Waals surface area contributed by atoms with E-state index in [1.807, 2.05) is 0 Å². The summed E-state index contributed by atoms with van der Waals surface area (Å²) >= 11 is 0. The molecule has 0 aromatic heterocycles. The quantitative estimate of drug-likeness (QED) is 0.824. The molecule has 1 nitrogen and oxygen atoms in total. The fraction of sp³-hybridized carbons (Fsp3) is 0.600. The van der Waals surface area contributed by atoms with Crippen molar-refractivity contribution in [3.05, 3.63) is 35.9 Å². The highest BCUT2D eigenvalue weighted by Gasteiger charge is 2.74. The van der Waals surface area contributed by atoms with E-state index in [9.17, 15) is 0 Å². The van der Waals surface area contributed by atoms with Crippen LogP contribution in [0.5, 0.6) is 0 Å². The maximum Gasteiger partial charge on any atom is 0.00274 e. The van der Waals surface area contributed by atoms with E-state index in [0.29, 0.717) is 16.2 Å². The zero-order valence-electron chi connectivity index (χ0n) is 10.3. The lowest BCUT2D eigenvalue weighted by atomic mass is 9.75. The van der Waals surface area contributed by atoms with Gasteiger partial charge in [-0.25, -0.2) is 0 Å². The molecule has 2 N–H and O–H groups in total. The lowest BCUT2D eigenvalue weighted by Crippen LogP contribution is -2.33. The Labute approximate surface area is 98.0 Å². The third-order valence-electron chi connectivity index (χ3n) is 5.26. The van der Waals surface area contributed by atoms with E-state index in [4.69, 9.17) is 5.73 Å². The summed E-state index contributed by atoms with van der Waals surface area (Å²) in [5.41, 5.74) is 8.85. The van der Waals surface area contributed by atoms with Gasteiger partial charge in [0.1, 0.15) is 0 Å². The molecule has 16 heavy (non-hydrogen) atoms. The normalized spacial score (nSPS) is 33.4. The smallest absolute Gasteiger partial charge is 0.00274 e. The lowest BCUT2D eigenvalue weighted by molar-refractivity contribution is 0.301. The number of nitrogens with two attached hydrogens (primary N) is 1. The molecule has 1 unspecified atom stereocenters. The second kappa shape index (κ2) is 2.89. The molecule has 0 aliphatic heterocycles. The molecule has 0 amide bonds. The van der Waals surface area contributed by atoms with Crippen LogP contribution in [-0.4, -0.2) is 6.54 Å². The molecule has 2 saturated carbocycles. The van der Waals surface area contributed by atoms with Crippen LogP contribution < -0.4 is 5.73 Å². The first-order valence-electron chi connectivity index (χ1n) is 6.34. The summed E-state index contributed by atoms with van der Waals surface area (Å²) in [5.74, 6) is 0. The summed E-state index contributed by atoms with van der Waals surface area (Å²) < 4.78 is 0. The van der Waals surface area contributed by atoms with Gasteiger partial charge in [0.05, 0.1) is 0 Å². The van der Waals surface area contributed by atoms with E-state index in [-0.39, 0.29) is 0 Å². The van der Waals surface area contributed by atoms with Crippen molar-refractivity contribution in [3.63, 3.8) is 0 Å². The fourth-order valence-corrected chi connectivity index (χ4v) is 4.00. The molecule has 2 fully saturated rings. The Morgan fingerprint density at radius 3 is 2.06 bits per heavy atom. The average molecular weight is 215 g/mol. The molecular weight excluding hydrogens is 194 g/mol. The zero-order chi connectivity index (χ0) is 11.4. The average Bonchev–Trinajstić information content (AvgIpc) is 3.16. The number of hydrogen-bond donors (Lipinski definition) is 1. The monoisotopic (exact) mass is 215 g/mol. The first-order chi connectivity index (χ1) is 7.58. The molecule has 1 heteroatoms. The van der Waals surface area contributed by atoms with Gasteiger partial charge >= 0.3 is 0 Å². The van der Waals surface area contributed by atoms with Crippen molar-refractivity contribution < 1.29 is 0 Å². The maximum atomic E-state index is 6.11. The molecule has 2 aliphatic carbocycles. The van der Waals surface area contributed by atoms with Crippen molar-refractivity contribution in [2.75, 3.05) is 6.54 Å². The Morgan fingerprint density at radius 2 is 1.69 bits per heavy atom. The van der Waals surface area contributed by atoms with Gasteiger partial charge in [-0.2, -0.15) is 0 Å². The fourth-order valence-electron chi connectivity index (χ4n) is 4.00. The van der Waals surface area contributed by atoms with Gasteiger partial charge in [-0.05, 0) is 42.2 Å². The van der Waals surface area contributed by atoms with Crippen LogP contribution in [0.25, 0.3) is 0 Å². The predicted octanol–water partition coefficient (Wildman–Crippen LogP) is 3.09. The standard InChI is InChI=1S/C15H21N/c1-13(2)10-15(13,11-16)14(8-9-14)12-6-4-3-5-7-12/h3-7H,8-11,16H2,1-2H3. The van der Waals surface area contributed by atoms with Crippen LogP contribution in [0.1, 0.15) is 38.7 Å². The zero-order valence-corrected chi connectivity index (χ0v) is 10.3. The van der Waals surface area contributed by atoms with Gasteiger partial charge in [0.15, 0.2) is 0 Å². The molecule has 0 spiro atoms. The van der Waals surface area contributed by atoms with Crippen molar-refractivity contribution >= 4 is 0 Å². The molecule has 86 valence electrons. The molecule has 1 aromatic rings. The molecule has 3 rings (SSSR count). The van der Waals surface area contributed by atoms with Crippen molar-refractivity contribution in [2.45, 2.75) is 38.5 Å².